The lowest BCUT2D eigenvalue weighted by Crippen LogP contribution is -2.67. The second kappa shape index (κ2) is 15.5. The molecule has 4 rings (SSSR count). The summed E-state index contributed by atoms with van der Waals surface area (Å²) in [4.78, 5) is 11.4. The highest BCUT2D eigenvalue weighted by Crippen LogP contribution is 2.34. The van der Waals surface area contributed by atoms with Gasteiger partial charge in [-0.25, -0.2) is 4.79 Å². The molecule has 0 aromatic heterocycles. The van der Waals surface area contributed by atoms with Crippen LogP contribution in [0.25, 0.3) is 0 Å². The fourth-order valence-corrected chi connectivity index (χ4v) is 5.52. The fraction of sp³-hybridized carbons (Fsp3) is 0.958. The highest BCUT2D eigenvalue weighted by Gasteiger charge is 2.55. The number of carboxylic acids is 1. The van der Waals surface area contributed by atoms with Crippen LogP contribution in [0.3, 0.4) is 0 Å². The molecule has 0 bridgehead atoms. The van der Waals surface area contributed by atoms with E-state index in [9.17, 15) is 76.3 Å². The SMILES string of the molecule is O=C(O)[C@H]1O[C@H](O[C@@H]2[C@H](O)[C@H](O[C@H]3[C@H](O)[C@@H](O)[C@@H](O[C@@H]4[C@@H](O)[C@H](O)O[C@H](CO)[C@H]4O)O[C@@H]3CO)O[C@H](CO)[C@H]2O)[C@H](O)[C@@H](O)[C@@H]1O. The van der Waals surface area contributed by atoms with Crippen LogP contribution in [0, 0.1) is 0 Å². The minimum atomic E-state index is -2.11. The van der Waals surface area contributed by atoms with Crippen molar-refractivity contribution in [1.82, 2.24) is 0 Å². The van der Waals surface area contributed by atoms with E-state index >= 15 is 0 Å². The van der Waals surface area contributed by atoms with Gasteiger partial charge < -0.3 is 105 Å². The molecule has 0 amide bonds. The van der Waals surface area contributed by atoms with Crippen LogP contribution in [-0.4, -0.2) is 220 Å². The maximum Gasteiger partial charge on any atom is 0.335 e. The number of ether oxygens (including phenoxy) is 7. The van der Waals surface area contributed by atoms with E-state index in [4.69, 9.17) is 33.2 Å². The first-order valence-electron chi connectivity index (χ1n) is 14.1. The van der Waals surface area contributed by atoms with E-state index in [1.54, 1.807) is 0 Å². The van der Waals surface area contributed by atoms with Crippen molar-refractivity contribution in [2.45, 2.75) is 123 Å². The van der Waals surface area contributed by atoms with Crippen molar-refractivity contribution >= 4 is 5.97 Å². The summed E-state index contributed by atoms with van der Waals surface area (Å²) < 4.78 is 37.1. The molecule has 20 atom stereocenters. The van der Waals surface area contributed by atoms with Gasteiger partial charge in [0.05, 0.1) is 19.8 Å². The van der Waals surface area contributed by atoms with Crippen molar-refractivity contribution in [3.05, 3.63) is 0 Å². The maximum absolute atomic E-state index is 11.4. The zero-order valence-corrected chi connectivity index (χ0v) is 23.7. The minimum Gasteiger partial charge on any atom is -0.479 e. The molecule has 0 aromatic rings. The van der Waals surface area contributed by atoms with E-state index in [0.29, 0.717) is 0 Å². The first-order valence-corrected chi connectivity index (χ1v) is 14.1. The Labute approximate surface area is 258 Å². The zero-order valence-electron chi connectivity index (χ0n) is 23.7. The van der Waals surface area contributed by atoms with Crippen LogP contribution < -0.4 is 0 Å². The number of carboxylic acid groups (broad SMARTS) is 1. The van der Waals surface area contributed by atoms with Crippen molar-refractivity contribution in [3.8, 4) is 0 Å². The molecule has 4 saturated heterocycles. The number of carbonyl (C=O) groups is 1. The largest absolute Gasteiger partial charge is 0.479 e. The standard InChI is InChI=1S/C24H40O22/c25-1-4-7(28)17(14(35)21(39)40-4)44-22-13(34)11(32)16(6(3-27)42-22)43-24-15(36)18(8(29)5(2-26)41-24)45-23-12(33)9(30)10(31)19(46-23)20(37)38/h4-19,21-36,39H,1-3H2,(H,37,38)/t4-,5-,6-,7-,8-,9+,10+,11-,12-,13-,14-,15+,16-,17+,18+,19+,21-,22-,23+,24+/m1/s1. The van der Waals surface area contributed by atoms with E-state index in [2.05, 4.69) is 0 Å². The van der Waals surface area contributed by atoms with Crippen molar-refractivity contribution in [1.29, 1.82) is 0 Å². The van der Waals surface area contributed by atoms with E-state index in [1.807, 2.05) is 0 Å². The van der Waals surface area contributed by atoms with Gasteiger partial charge >= 0.3 is 5.97 Å². The van der Waals surface area contributed by atoms with Crippen LogP contribution in [0.4, 0.5) is 0 Å². The van der Waals surface area contributed by atoms with Crippen LogP contribution in [0.15, 0.2) is 0 Å². The van der Waals surface area contributed by atoms with Gasteiger partial charge in [0.2, 0.25) is 0 Å². The molecule has 14 N–H and O–H groups in total. The molecule has 0 saturated carbocycles. The molecule has 0 spiro atoms. The van der Waals surface area contributed by atoms with Crippen molar-refractivity contribution in [3.63, 3.8) is 0 Å². The molecule has 22 nitrogen and oxygen atoms in total. The maximum atomic E-state index is 11.4. The molecule has 0 radical (unpaired) electrons. The summed E-state index contributed by atoms with van der Waals surface area (Å²) in [5.41, 5.74) is 0. The van der Waals surface area contributed by atoms with Crippen molar-refractivity contribution in [2.24, 2.45) is 0 Å². The number of hydrogen-bond acceptors (Lipinski definition) is 21. The van der Waals surface area contributed by atoms with Crippen LogP contribution in [-0.2, 0) is 38.0 Å². The summed E-state index contributed by atoms with van der Waals surface area (Å²) in [6, 6.07) is 0. The van der Waals surface area contributed by atoms with Gasteiger partial charge in [-0.2, -0.15) is 0 Å². The molecule has 46 heavy (non-hydrogen) atoms. The summed E-state index contributed by atoms with van der Waals surface area (Å²) in [5.74, 6) is -1.75. The van der Waals surface area contributed by atoms with Gasteiger partial charge in [0, 0.05) is 0 Å². The van der Waals surface area contributed by atoms with Gasteiger partial charge in [0.25, 0.3) is 0 Å². The van der Waals surface area contributed by atoms with Crippen molar-refractivity contribution < 1.29 is 109 Å². The highest BCUT2D eigenvalue weighted by atomic mass is 16.8. The molecule has 4 heterocycles. The fourth-order valence-electron chi connectivity index (χ4n) is 5.52. The van der Waals surface area contributed by atoms with Gasteiger partial charge in [0.1, 0.15) is 91.6 Å². The summed E-state index contributed by atoms with van der Waals surface area (Å²) in [7, 11) is 0. The number of aliphatic hydroxyl groups is 13. The molecule has 0 aliphatic carbocycles. The number of aliphatic carboxylic acids is 1. The first-order chi connectivity index (χ1) is 21.7. The van der Waals surface area contributed by atoms with Gasteiger partial charge in [0.15, 0.2) is 31.3 Å². The number of rotatable bonds is 10. The number of aliphatic hydroxyl groups excluding tert-OH is 13. The Balaban J connectivity index is 1.49. The Bertz CT molecular complexity index is 990. The van der Waals surface area contributed by atoms with Gasteiger partial charge in [-0.05, 0) is 0 Å². The summed E-state index contributed by atoms with van der Waals surface area (Å²) in [5, 5.41) is 142. The lowest BCUT2D eigenvalue weighted by atomic mass is 9.95. The third-order valence-corrected chi connectivity index (χ3v) is 8.17. The quantitative estimate of drug-likeness (QED) is 0.102. The number of hydrogen-bond donors (Lipinski definition) is 14. The molecule has 4 aliphatic heterocycles. The van der Waals surface area contributed by atoms with E-state index in [1.165, 1.54) is 0 Å². The Morgan fingerprint density at radius 3 is 1.43 bits per heavy atom. The Morgan fingerprint density at radius 1 is 0.457 bits per heavy atom. The smallest absolute Gasteiger partial charge is 0.335 e. The Kier molecular flexibility index (Phi) is 12.6. The molecule has 268 valence electrons. The third kappa shape index (κ3) is 7.31. The Hall–Kier alpha value is -1.33. The zero-order chi connectivity index (χ0) is 34.2. The summed E-state index contributed by atoms with van der Waals surface area (Å²) >= 11 is 0. The molecular weight excluding hydrogens is 640 g/mol. The average Bonchev–Trinajstić information content (AvgIpc) is 3.03. The van der Waals surface area contributed by atoms with Gasteiger partial charge in [-0.3, -0.25) is 0 Å². The van der Waals surface area contributed by atoms with Crippen LogP contribution in [0.5, 0.6) is 0 Å². The topological polar surface area (TPSA) is 365 Å². The van der Waals surface area contributed by atoms with Crippen LogP contribution in [0.2, 0.25) is 0 Å². The Morgan fingerprint density at radius 2 is 0.891 bits per heavy atom. The van der Waals surface area contributed by atoms with Crippen molar-refractivity contribution in [2.75, 3.05) is 19.8 Å². The first kappa shape index (κ1) is 37.5. The van der Waals surface area contributed by atoms with E-state index in [0.717, 1.165) is 0 Å². The molecule has 0 aromatic carbocycles. The molecule has 4 fully saturated rings. The third-order valence-electron chi connectivity index (χ3n) is 8.17. The minimum absolute atomic E-state index is 0.802. The second-order valence-corrected chi connectivity index (χ2v) is 11.2. The molecule has 22 heteroatoms. The molecular formula is C24H40O22. The average molecular weight is 681 g/mol. The lowest BCUT2D eigenvalue weighted by Gasteiger charge is -2.48. The van der Waals surface area contributed by atoms with Crippen LogP contribution in [0.1, 0.15) is 0 Å². The predicted octanol–water partition coefficient (Wildman–Crippen LogP) is -9.66. The monoisotopic (exact) mass is 680 g/mol. The predicted molar refractivity (Wildman–Crippen MR) is 134 cm³/mol. The molecule has 0 unspecified atom stereocenters. The second-order valence-electron chi connectivity index (χ2n) is 11.2. The normalized spacial score (nSPS) is 51.9. The molecule has 4 aliphatic rings. The van der Waals surface area contributed by atoms with E-state index in [-0.39, 0.29) is 0 Å². The summed E-state index contributed by atoms with van der Waals surface area (Å²) in [6.45, 7) is -2.70. The highest BCUT2D eigenvalue weighted by molar-refractivity contribution is 5.73. The van der Waals surface area contributed by atoms with Gasteiger partial charge in [-0.1, -0.05) is 0 Å². The lowest BCUT2D eigenvalue weighted by molar-refractivity contribution is -0.387. The van der Waals surface area contributed by atoms with E-state index < -0.39 is 149 Å². The van der Waals surface area contributed by atoms with Crippen LogP contribution >= 0.6 is 0 Å². The summed E-state index contributed by atoms with van der Waals surface area (Å²) in [6.07, 6.45) is -38.2. The van der Waals surface area contributed by atoms with Gasteiger partial charge in [-0.15, -0.1) is 0 Å².